The lowest BCUT2D eigenvalue weighted by Gasteiger charge is -2.12. The van der Waals surface area contributed by atoms with Crippen molar-refractivity contribution in [1.29, 1.82) is 0 Å². The molecular weight excluding hydrogens is 348 g/mol. The van der Waals surface area contributed by atoms with Crippen LogP contribution in [0.4, 0.5) is 0 Å². The number of hydrogen-bond acceptors (Lipinski definition) is 4. The summed E-state index contributed by atoms with van der Waals surface area (Å²) in [6.07, 6.45) is 1.69. The molecule has 0 saturated carbocycles. The van der Waals surface area contributed by atoms with E-state index in [0.29, 0.717) is 5.56 Å². The Labute approximate surface area is 153 Å². The van der Waals surface area contributed by atoms with Gasteiger partial charge in [0.25, 0.3) is 0 Å². The van der Waals surface area contributed by atoms with Gasteiger partial charge in [-0.15, -0.1) is 0 Å². The lowest BCUT2D eigenvalue weighted by molar-refractivity contribution is 0.415. The third-order valence-corrected chi connectivity index (χ3v) is 5.65. The van der Waals surface area contributed by atoms with Crippen molar-refractivity contribution < 1.29 is 13.2 Å². The maximum Gasteiger partial charge on any atom is 0.241 e. The molecule has 0 bridgehead atoms. The largest absolute Gasteiger partial charge is 0.497 e. The average Bonchev–Trinajstić information content (AvgIpc) is 2.67. The molecule has 1 heterocycles. The van der Waals surface area contributed by atoms with Crippen LogP contribution in [0.2, 0.25) is 0 Å². The Morgan fingerprint density at radius 1 is 1.00 bits per heavy atom. The quantitative estimate of drug-likeness (QED) is 0.722. The first-order chi connectivity index (χ1) is 12.5. The van der Waals surface area contributed by atoms with E-state index in [9.17, 15) is 8.42 Å². The van der Waals surface area contributed by atoms with Crippen LogP contribution in [0, 0.1) is 6.92 Å². The molecule has 0 amide bonds. The molecule has 0 radical (unpaired) electrons. The Kier molecular flexibility index (Phi) is 5.35. The van der Waals surface area contributed by atoms with Gasteiger partial charge in [0.2, 0.25) is 10.0 Å². The Morgan fingerprint density at radius 3 is 2.42 bits per heavy atom. The minimum atomic E-state index is -3.60. The van der Waals surface area contributed by atoms with Gasteiger partial charge in [0.1, 0.15) is 5.75 Å². The molecule has 0 aliphatic heterocycles. The normalized spacial score (nSPS) is 11.3. The van der Waals surface area contributed by atoms with E-state index in [-0.39, 0.29) is 11.4 Å². The van der Waals surface area contributed by atoms with E-state index in [2.05, 4.69) is 9.71 Å². The van der Waals surface area contributed by atoms with Gasteiger partial charge >= 0.3 is 0 Å². The van der Waals surface area contributed by atoms with Gasteiger partial charge < -0.3 is 4.74 Å². The lowest BCUT2D eigenvalue weighted by Crippen LogP contribution is -2.24. The smallest absolute Gasteiger partial charge is 0.241 e. The van der Waals surface area contributed by atoms with Gasteiger partial charge in [-0.1, -0.05) is 24.3 Å². The van der Waals surface area contributed by atoms with Gasteiger partial charge in [-0.3, -0.25) is 4.98 Å². The predicted molar refractivity (Wildman–Crippen MR) is 101 cm³/mol. The number of benzene rings is 2. The Bertz CT molecular complexity index is 1000. The van der Waals surface area contributed by atoms with Gasteiger partial charge in [0.05, 0.1) is 17.7 Å². The highest BCUT2D eigenvalue weighted by Crippen LogP contribution is 2.24. The van der Waals surface area contributed by atoms with Crippen molar-refractivity contribution in [3.05, 3.63) is 78.0 Å². The first kappa shape index (κ1) is 18.1. The highest BCUT2D eigenvalue weighted by atomic mass is 32.2. The summed E-state index contributed by atoms with van der Waals surface area (Å²) in [6.45, 7) is 1.94. The molecule has 0 spiro atoms. The molecule has 0 aliphatic carbocycles. The van der Waals surface area contributed by atoms with Gasteiger partial charge in [0.15, 0.2) is 0 Å². The molecule has 0 unspecified atom stereocenters. The summed E-state index contributed by atoms with van der Waals surface area (Å²) in [5.74, 6) is 0.756. The van der Waals surface area contributed by atoms with Crippen molar-refractivity contribution in [2.75, 3.05) is 7.11 Å². The summed E-state index contributed by atoms with van der Waals surface area (Å²) < 4.78 is 33.1. The fourth-order valence-electron chi connectivity index (χ4n) is 2.70. The van der Waals surface area contributed by atoms with E-state index in [0.717, 1.165) is 22.6 Å². The summed E-state index contributed by atoms with van der Waals surface area (Å²) >= 11 is 0. The highest BCUT2D eigenvalue weighted by Gasteiger charge is 2.17. The fraction of sp³-hybridized carbons (Fsp3) is 0.150. The Morgan fingerprint density at radius 2 is 1.73 bits per heavy atom. The molecule has 5 nitrogen and oxygen atoms in total. The van der Waals surface area contributed by atoms with Gasteiger partial charge in [-0.05, 0) is 54.4 Å². The lowest BCUT2D eigenvalue weighted by atomic mass is 10.1. The second-order valence-corrected chi connectivity index (χ2v) is 7.57. The van der Waals surface area contributed by atoms with Crippen LogP contribution in [-0.2, 0) is 16.6 Å². The number of rotatable bonds is 6. The molecule has 6 heteroatoms. The number of nitrogens with zero attached hydrogens (tertiary/aromatic N) is 1. The van der Waals surface area contributed by atoms with Crippen LogP contribution in [0.25, 0.3) is 11.3 Å². The van der Waals surface area contributed by atoms with E-state index in [1.807, 2.05) is 36.4 Å². The second-order valence-electron chi connectivity index (χ2n) is 5.83. The zero-order valence-corrected chi connectivity index (χ0v) is 15.5. The molecule has 26 heavy (non-hydrogen) atoms. The van der Waals surface area contributed by atoms with E-state index >= 15 is 0 Å². The number of aromatic nitrogens is 1. The van der Waals surface area contributed by atoms with Crippen molar-refractivity contribution in [3.8, 4) is 17.0 Å². The summed E-state index contributed by atoms with van der Waals surface area (Å²) in [4.78, 5) is 4.71. The van der Waals surface area contributed by atoms with E-state index in [1.54, 1.807) is 44.5 Å². The zero-order chi connectivity index (χ0) is 18.6. The molecule has 0 fully saturated rings. The Hall–Kier alpha value is -2.70. The minimum Gasteiger partial charge on any atom is -0.497 e. The molecule has 0 aliphatic rings. The molecular formula is C20H20N2O3S. The van der Waals surface area contributed by atoms with Crippen molar-refractivity contribution >= 4 is 10.0 Å². The maximum atomic E-state index is 12.6. The molecule has 3 rings (SSSR count). The third-order valence-electron chi connectivity index (χ3n) is 4.09. The van der Waals surface area contributed by atoms with Crippen molar-refractivity contribution in [2.45, 2.75) is 18.4 Å². The van der Waals surface area contributed by atoms with Crippen molar-refractivity contribution in [2.24, 2.45) is 0 Å². The van der Waals surface area contributed by atoms with Crippen LogP contribution in [0.1, 0.15) is 11.1 Å². The summed E-state index contributed by atoms with van der Waals surface area (Å²) in [5, 5.41) is 0. The van der Waals surface area contributed by atoms with Crippen LogP contribution >= 0.6 is 0 Å². The molecule has 0 atom stereocenters. The zero-order valence-electron chi connectivity index (χ0n) is 14.6. The molecule has 2 aromatic carbocycles. The minimum absolute atomic E-state index is 0.159. The SMILES string of the molecule is COc1ccc(-c2ncccc2CNS(=O)(=O)c2ccccc2C)cc1. The Balaban J connectivity index is 1.86. The standard InChI is InChI=1S/C20H20N2O3S/c1-15-6-3-4-8-19(15)26(23,24)22-14-17-7-5-13-21-20(17)16-9-11-18(25-2)12-10-16/h3-13,22H,14H2,1-2H3. The molecule has 134 valence electrons. The first-order valence-electron chi connectivity index (χ1n) is 8.15. The van der Waals surface area contributed by atoms with Gasteiger partial charge in [-0.2, -0.15) is 0 Å². The number of ether oxygens (including phenoxy) is 1. The monoisotopic (exact) mass is 368 g/mol. The van der Waals surface area contributed by atoms with Crippen molar-refractivity contribution in [1.82, 2.24) is 9.71 Å². The van der Waals surface area contributed by atoms with E-state index in [4.69, 9.17) is 4.74 Å². The maximum absolute atomic E-state index is 12.6. The summed E-state index contributed by atoms with van der Waals surface area (Å²) in [5.41, 5.74) is 3.15. The van der Waals surface area contributed by atoms with Crippen LogP contribution in [-0.4, -0.2) is 20.5 Å². The highest BCUT2D eigenvalue weighted by molar-refractivity contribution is 7.89. The van der Waals surface area contributed by atoms with Crippen LogP contribution < -0.4 is 9.46 Å². The number of nitrogens with one attached hydrogen (secondary N) is 1. The molecule has 3 aromatic rings. The average molecular weight is 368 g/mol. The van der Waals surface area contributed by atoms with E-state index < -0.39 is 10.0 Å². The van der Waals surface area contributed by atoms with E-state index in [1.165, 1.54) is 0 Å². The van der Waals surface area contributed by atoms with Crippen LogP contribution in [0.15, 0.2) is 71.8 Å². The molecule has 0 saturated heterocycles. The third kappa shape index (κ3) is 3.92. The predicted octanol–water partition coefficient (Wildman–Crippen LogP) is 3.54. The summed E-state index contributed by atoms with van der Waals surface area (Å²) in [6, 6.07) is 18.1. The second kappa shape index (κ2) is 7.68. The number of methoxy groups -OCH3 is 1. The van der Waals surface area contributed by atoms with Gasteiger partial charge in [-0.25, -0.2) is 13.1 Å². The van der Waals surface area contributed by atoms with Crippen molar-refractivity contribution in [3.63, 3.8) is 0 Å². The number of hydrogen-bond donors (Lipinski definition) is 1. The molecule has 1 aromatic heterocycles. The number of aryl methyl sites for hydroxylation is 1. The van der Waals surface area contributed by atoms with Crippen LogP contribution in [0.5, 0.6) is 5.75 Å². The van der Waals surface area contributed by atoms with Crippen LogP contribution in [0.3, 0.4) is 0 Å². The first-order valence-corrected chi connectivity index (χ1v) is 9.63. The summed E-state index contributed by atoms with van der Waals surface area (Å²) in [7, 11) is -1.98. The van der Waals surface area contributed by atoms with Gasteiger partial charge in [0, 0.05) is 18.3 Å². The fourth-order valence-corrected chi connectivity index (χ4v) is 3.95. The molecule has 1 N–H and O–H groups in total. The number of sulfonamides is 1. The topological polar surface area (TPSA) is 68.3 Å². The number of pyridine rings is 1.